The van der Waals surface area contributed by atoms with Crippen LogP contribution in [0.15, 0.2) is 18.2 Å². The van der Waals surface area contributed by atoms with Crippen molar-refractivity contribution in [3.05, 3.63) is 29.6 Å². The molecule has 1 rings (SSSR count). The molecule has 1 unspecified atom stereocenters. The van der Waals surface area contributed by atoms with Crippen molar-refractivity contribution in [2.45, 2.75) is 12.5 Å². The largest absolute Gasteiger partial charge is 0.494 e. The van der Waals surface area contributed by atoms with E-state index < -0.39 is 11.9 Å². The summed E-state index contributed by atoms with van der Waals surface area (Å²) in [6.45, 7) is 0.317. The molecule has 1 aromatic rings. The zero-order valence-corrected chi connectivity index (χ0v) is 8.03. The summed E-state index contributed by atoms with van der Waals surface area (Å²) in [4.78, 5) is 0. The molecule has 0 saturated heterocycles. The van der Waals surface area contributed by atoms with Gasteiger partial charge in [-0.15, -0.1) is 0 Å². The van der Waals surface area contributed by atoms with E-state index >= 15 is 0 Å². The van der Waals surface area contributed by atoms with Gasteiger partial charge in [-0.1, -0.05) is 12.1 Å². The third-order valence-corrected chi connectivity index (χ3v) is 2.01. The van der Waals surface area contributed by atoms with Gasteiger partial charge >= 0.3 is 0 Å². The van der Waals surface area contributed by atoms with E-state index in [2.05, 4.69) is 0 Å². The van der Waals surface area contributed by atoms with E-state index in [0.717, 1.165) is 0 Å². The molecule has 0 aliphatic rings. The monoisotopic (exact) mass is 199 g/mol. The number of rotatable bonds is 4. The average molecular weight is 199 g/mol. The first kappa shape index (κ1) is 10.9. The van der Waals surface area contributed by atoms with Crippen LogP contribution < -0.4 is 10.5 Å². The van der Waals surface area contributed by atoms with Crippen LogP contribution in [0, 0.1) is 5.82 Å². The van der Waals surface area contributed by atoms with Gasteiger partial charge in [0.1, 0.15) is 0 Å². The van der Waals surface area contributed by atoms with Gasteiger partial charge in [-0.25, -0.2) is 4.39 Å². The lowest BCUT2D eigenvalue weighted by atomic mass is 10.1. The normalized spacial score (nSPS) is 12.6. The van der Waals surface area contributed by atoms with Crippen LogP contribution in [0.1, 0.15) is 18.1 Å². The van der Waals surface area contributed by atoms with Gasteiger partial charge in [-0.3, -0.25) is 0 Å². The molecule has 14 heavy (non-hydrogen) atoms. The summed E-state index contributed by atoms with van der Waals surface area (Å²) in [7, 11) is 1.39. The van der Waals surface area contributed by atoms with Gasteiger partial charge in [0.05, 0.1) is 13.2 Å². The summed E-state index contributed by atoms with van der Waals surface area (Å²) in [5.41, 5.74) is 5.51. The molecule has 0 heterocycles. The van der Waals surface area contributed by atoms with Crippen molar-refractivity contribution in [3.8, 4) is 5.75 Å². The second kappa shape index (κ2) is 4.93. The van der Waals surface area contributed by atoms with Crippen LogP contribution in [0.5, 0.6) is 5.75 Å². The van der Waals surface area contributed by atoms with E-state index in [1.54, 1.807) is 6.07 Å². The van der Waals surface area contributed by atoms with Crippen LogP contribution in [-0.2, 0) is 0 Å². The number of ether oxygens (including phenoxy) is 1. The molecule has 3 N–H and O–H groups in total. The van der Waals surface area contributed by atoms with Gasteiger partial charge in [0.15, 0.2) is 11.6 Å². The number of aliphatic hydroxyl groups is 1. The van der Waals surface area contributed by atoms with Crippen molar-refractivity contribution in [2.75, 3.05) is 13.7 Å². The van der Waals surface area contributed by atoms with Crippen molar-refractivity contribution < 1.29 is 14.2 Å². The van der Waals surface area contributed by atoms with Crippen LogP contribution in [-0.4, -0.2) is 18.8 Å². The summed E-state index contributed by atoms with van der Waals surface area (Å²) in [6.07, 6.45) is -0.528. The Morgan fingerprint density at radius 2 is 2.29 bits per heavy atom. The lowest BCUT2D eigenvalue weighted by molar-refractivity contribution is 0.164. The number of benzene rings is 1. The summed E-state index contributed by atoms with van der Waals surface area (Å²) >= 11 is 0. The van der Waals surface area contributed by atoms with E-state index in [0.29, 0.717) is 13.0 Å². The van der Waals surface area contributed by atoms with E-state index in [1.165, 1.54) is 19.2 Å². The fraction of sp³-hybridized carbons (Fsp3) is 0.400. The summed E-state index contributed by atoms with van der Waals surface area (Å²) < 4.78 is 18.3. The van der Waals surface area contributed by atoms with Crippen molar-refractivity contribution in [1.82, 2.24) is 0 Å². The quantitative estimate of drug-likeness (QED) is 0.766. The van der Waals surface area contributed by atoms with E-state index in [-0.39, 0.29) is 11.3 Å². The number of aliphatic hydroxyl groups excluding tert-OH is 1. The Labute approximate surface area is 82.3 Å². The molecule has 0 fully saturated rings. The van der Waals surface area contributed by atoms with E-state index in [4.69, 9.17) is 10.5 Å². The Bertz CT molecular complexity index is 304. The third-order valence-electron chi connectivity index (χ3n) is 2.01. The molecule has 1 aromatic carbocycles. The number of methoxy groups -OCH3 is 1. The molecule has 0 radical (unpaired) electrons. The second-order valence-corrected chi connectivity index (χ2v) is 2.96. The third kappa shape index (κ3) is 2.21. The molecule has 0 amide bonds. The van der Waals surface area contributed by atoms with Crippen LogP contribution >= 0.6 is 0 Å². The Kier molecular flexibility index (Phi) is 3.85. The highest BCUT2D eigenvalue weighted by Crippen LogP contribution is 2.26. The molecule has 0 bridgehead atoms. The van der Waals surface area contributed by atoms with Gasteiger partial charge in [0.2, 0.25) is 0 Å². The molecule has 0 aliphatic heterocycles. The highest BCUT2D eigenvalue weighted by molar-refractivity contribution is 5.32. The number of nitrogens with two attached hydrogens (primary N) is 1. The average Bonchev–Trinajstić information content (AvgIpc) is 2.18. The predicted molar refractivity (Wildman–Crippen MR) is 51.6 cm³/mol. The molecule has 0 aromatic heterocycles. The van der Waals surface area contributed by atoms with Gasteiger partial charge in [-0.05, 0) is 19.0 Å². The molecular weight excluding hydrogens is 185 g/mol. The number of hydrogen-bond donors (Lipinski definition) is 2. The van der Waals surface area contributed by atoms with Gasteiger partial charge in [-0.2, -0.15) is 0 Å². The molecule has 0 spiro atoms. The number of halogens is 1. The maximum absolute atomic E-state index is 13.5. The van der Waals surface area contributed by atoms with E-state index in [1.807, 2.05) is 0 Å². The minimum Gasteiger partial charge on any atom is -0.494 e. The molecular formula is C10H14FNO2. The molecule has 1 atom stereocenters. The zero-order chi connectivity index (χ0) is 10.6. The molecule has 0 saturated carbocycles. The number of hydrogen-bond acceptors (Lipinski definition) is 3. The Morgan fingerprint density at radius 3 is 2.86 bits per heavy atom. The standard InChI is InChI=1S/C10H14FNO2/c1-14-9-4-2-3-7(10(9)11)8(13)5-6-12/h2-4,8,13H,5-6,12H2,1H3. The lowest BCUT2D eigenvalue weighted by Crippen LogP contribution is -2.08. The second-order valence-electron chi connectivity index (χ2n) is 2.96. The smallest absolute Gasteiger partial charge is 0.170 e. The van der Waals surface area contributed by atoms with Crippen LogP contribution in [0.25, 0.3) is 0 Å². The van der Waals surface area contributed by atoms with Crippen LogP contribution in [0.4, 0.5) is 4.39 Å². The minimum absolute atomic E-state index is 0.138. The first-order valence-corrected chi connectivity index (χ1v) is 4.41. The highest BCUT2D eigenvalue weighted by atomic mass is 19.1. The zero-order valence-electron chi connectivity index (χ0n) is 8.03. The Morgan fingerprint density at radius 1 is 1.57 bits per heavy atom. The maximum atomic E-state index is 13.5. The van der Waals surface area contributed by atoms with Crippen molar-refractivity contribution in [1.29, 1.82) is 0 Å². The summed E-state index contributed by atoms with van der Waals surface area (Å²) in [5, 5.41) is 9.55. The predicted octanol–water partition coefficient (Wildman–Crippen LogP) is 1.22. The first-order valence-electron chi connectivity index (χ1n) is 4.41. The molecule has 4 heteroatoms. The van der Waals surface area contributed by atoms with Crippen molar-refractivity contribution >= 4 is 0 Å². The summed E-state index contributed by atoms with van der Waals surface area (Å²) in [6, 6.07) is 4.67. The first-order chi connectivity index (χ1) is 6.70. The maximum Gasteiger partial charge on any atom is 0.170 e. The van der Waals surface area contributed by atoms with Crippen molar-refractivity contribution in [2.24, 2.45) is 5.73 Å². The fourth-order valence-electron chi connectivity index (χ4n) is 1.26. The fourth-order valence-corrected chi connectivity index (χ4v) is 1.26. The molecule has 3 nitrogen and oxygen atoms in total. The summed E-state index contributed by atoms with van der Waals surface area (Å²) in [5.74, 6) is -0.380. The van der Waals surface area contributed by atoms with E-state index in [9.17, 15) is 9.50 Å². The van der Waals surface area contributed by atoms with Crippen LogP contribution in [0.2, 0.25) is 0 Å². The highest BCUT2D eigenvalue weighted by Gasteiger charge is 2.14. The lowest BCUT2D eigenvalue weighted by Gasteiger charge is -2.12. The molecule has 78 valence electrons. The van der Waals surface area contributed by atoms with Crippen molar-refractivity contribution in [3.63, 3.8) is 0 Å². The minimum atomic E-state index is -0.866. The van der Waals surface area contributed by atoms with Gasteiger partial charge in [0.25, 0.3) is 0 Å². The SMILES string of the molecule is COc1cccc(C(O)CCN)c1F. The van der Waals surface area contributed by atoms with Gasteiger partial charge in [0, 0.05) is 5.56 Å². The molecule has 0 aliphatic carbocycles. The Balaban J connectivity index is 2.96. The Hall–Kier alpha value is -1.13. The van der Waals surface area contributed by atoms with Gasteiger partial charge < -0.3 is 15.6 Å². The topological polar surface area (TPSA) is 55.5 Å². The van der Waals surface area contributed by atoms with Crippen LogP contribution in [0.3, 0.4) is 0 Å².